The Bertz CT molecular complexity index is 236. The molecule has 0 radical (unpaired) electrons. The lowest BCUT2D eigenvalue weighted by atomic mass is 9.53. The van der Waals surface area contributed by atoms with Crippen LogP contribution in [0.2, 0.25) is 0 Å². The lowest BCUT2D eigenvalue weighted by Crippen LogP contribution is -2.59. The topological polar surface area (TPSA) is 29.1 Å². The van der Waals surface area contributed by atoms with Crippen LogP contribution in [0.15, 0.2) is 0 Å². The summed E-state index contributed by atoms with van der Waals surface area (Å²) in [6, 6.07) is 0. The van der Waals surface area contributed by atoms with Crippen LogP contribution in [0.5, 0.6) is 0 Å². The normalized spacial score (nSPS) is 49.4. The minimum absolute atomic E-state index is 0.173. The van der Waals surface area contributed by atoms with Gasteiger partial charge >= 0.3 is 0 Å². The van der Waals surface area contributed by atoms with E-state index in [1.54, 1.807) is 6.92 Å². The highest BCUT2D eigenvalue weighted by Crippen LogP contribution is 2.55. The first-order chi connectivity index (χ1) is 6.65. The van der Waals surface area contributed by atoms with E-state index in [1.807, 2.05) is 0 Å². The molecule has 2 nitrogen and oxygen atoms in total. The van der Waals surface area contributed by atoms with E-state index in [4.69, 9.17) is 0 Å². The number of rotatable bonds is 1. The molecule has 4 rings (SSSR count). The number of hydrogen-bond acceptors (Lipinski definition) is 1. The summed E-state index contributed by atoms with van der Waals surface area (Å²) in [5.74, 6) is 2.95. The Morgan fingerprint density at radius 2 is 1.50 bits per heavy atom. The first-order valence-electron chi connectivity index (χ1n) is 5.94. The second-order valence-electron chi connectivity index (χ2n) is 5.88. The van der Waals surface area contributed by atoms with Crippen molar-refractivity contribution in [2.75, 3.05) is 0 Å². The number of carbonyl (C=O) groups excluding carboxylic acids is 1. The van der Waals surface area contributed by atoms with Crippen LogP contribution in [0.25, 0.3) is 0 Å². The standard InChI is InChI=1S/C12H19NO/c1-8(14)13-12-5-9-2-10(6-12)4-11(3-9)7-12/h9-11H,2-7H2,1H3,(H,13,14). The largest absolute Gasteiger partial charge is 0.351 e. The third-order valence-electron chi connectivity index (χ3n) is 4.48. The quantitative estimate of drug-likeness (QED) is 0.679. The van der Waals surface area contributed by atoms with Crippen LogP contribution < -0.4 is 5.32 Å². The van der Waals surface area contributed by atoms with E-state index in [0.29, 0.717) is 0 Å². The Kier molecular flexibility index (Phi) is 1.71. The van der Waals surface area contributed by atoms with Gasteiger partial charge in [0, 0.05) is 12.5 Å². The second-order valence-corrected chi connectivity index (χ2v) is 5.88. The predicted octanol–water partition coefficient (Wildman–Crippen LogP) is 2.09. The van der Waals surface area contributed by atoms with Crippen LogP contribution in [0.3, 0.4) is 0 Å². The van der Waals surface area contributed by atoms with Gasteiger partial charge in [-0.2, -0.15) is 0 Å². The van der Waals surface area contributed by atoms with Gasteiger partial charge in [-0.1, -0.05) is 0 Å². The van der Waals surface area contributed by atoms with Gasteiger partial charge < -0.3 is 5.32 Å². The molecular weight excluding hydrogens is 174 g/mol. The zero-order chi connectivity index (χ0) is 9.76. The molecule has 4 aliphatic carbocycles. The molecule has 0 aliphatic heterocycles. The fourth-order valence-electron chi connectivity index (χ4n) is 4.64. The van der Waals surface area contributed by atoms with Gasteiger partial charge in [-0.05, 0) is 56.3 Å². The SMILES string of the molecule is CC(=O)NC12CC3CC(CC(C3)C1)C2. The summed E-state index contributed by atoms with van der Waals surface area (Å²) >= 11 is 0. The van der Waals surface area contributed by atoms with Gasteiger partial charge in [0.05, 0.1) is 0 Å². The van der Waals surface area contributed by atoms with E-state index >= 15 is 0 Å². The lowest BCUT2D eigenvalue weighted by Gasteiger charge is -2.56. The van der Waals surface area contributed by atoms with Crippen LogP contribution in [0.1, 0.15) is 45.4 Å². The van der Waals surface area contributed by atoms with Gasteiger partial charge in [0.25, 0.3) is 0 Å². The van der Waals surface area contributed by atoms with Crippen molar-refractivity contribution in [3.05, 3.63) is 0 Å². The van der Waals surface area contributed by atoms with Crippen molar-refractivity contribution >= 4 is 5.91 Å². The maximum absolute atomic E-state index is 11.2. The molecule has 0 aromatic heterocycles. The van der Waals surface area contributed by atoms with Crippen LogP contribution in [-0.2, 0) is 4.79 Å². The van der Waals surface area contributed by atoms with Gasteiger partial charge in [0.2, 0.25) is 5.91 Å². The third kappa shape index (κ3) is 1.27. The highest BCUT2D eigenvalue weighted by molar-refractivity contribution is 5.73. The molecule has 14 heavy (non-hydrogen) atoms. The van der Waals surface area contributed by atoms with E-state index in [2.05, 4.69) is 5.32 Å². The first kappa shape index (κ1) is 8.75. The minimum Gasteiger partial charge on any atom is -0.351 e. The molecule has 4 fully saturated rings. The van der Waals surface area contributed by atoms with Crippen molar-refractivity contribution in [2.24, 2.45) is 17.8 Å². The summed E-state index contributed by atoms with van der Waals surface area (Å²) in [7, 11) is 0. The molecule has 78 valence electrons. The summed E-state index contributed by atoms with van der Waals surface area (Å²) in [5.41, 5.74) is 0.223. The van der Waals surface area contributed by atoms with Gasteiger partial charge in [0.1, 0.15) is 0 Å². The molecule has 0 spiro atoms. The Morgan fingerprint density at radius 1 is 1.07 bits per heavy atom. The maximum Gasteiger partial charge on any atom is 0.217 e. The molecule has 1 amide bonds. The average molecular weight is 193 g/mol. The molecule has 0 aromatic carbocycles. The molecule has 4 aliphatic rings. The van der Waals surface area contributed by atoms with Crippen LogP contribution >= 0.6 is 0 Å². The predicted molar refractivity (Wildman–Crippen MR) is 54.7 cm³/mol. The highest BCUT2D eigenvalue weighted by Gasteiger charge is 2.51. The maximum atomic E-state index is 11.2. The van der Waals surface area contributed by atoms with Gasteiger partial charge in [0.15, 0.2) is 0 Å². The fraction of sp³-hybridized carbons (Fsp3) is 0.917. The summed E-state index contributed by atoms with van der Waals surface area (Å²) in [5, 5.41) is 3.25. The van der Waals surface area contributed by atoms with Crippen LogP contribution in [-0.4, -0.2) is 11.4 Å². The molecule has 1 N–H and O–H groups in total. The summed E-state index contributed by atoms with van der Waals surface area (Å²) < 4.78 is 0. The molecule has 2 heteroatoms. The average Bonchev–Trinajstić information content (AvgIpc) is 1.96. The summed E-state index contributed by atoms with van der Waals surface area (Å²) in [6.45, 7) is 1.67. The van der Waals surface area contributed by atoms with Crippen molar-refractivity contribution in [1.82, 2.24) is 5.32 Å². The molecule has 4 saturated carbocycles. The Morgan fingerprint density at radius 3 is 1.86 bits per heavy atom. The fourth-order valence-corrected chi connectivity index (χ4v) is 4.64. The van der Waals surface area contributed by atoms with Crippen molar-refractivity contribution in [3.8, 4) is 0 Å². The monoisotopic (exact) mass is 193 g/mol. The van der Waals surface area contributed by atoms with Crippen molar-refractivity contribution in [2.45, 2.75) is 51.0 Å². The first-order valence-corrected chi connectivity index (χ1v) is 5.94. The van der Waals surface area contributed by atoms with E-state index in [9.17, 15) is 4.79 Å². The molecule has 4 bridgehead atoms. The summed E-state index contributed by atoms with van der Waals surface area (Å²) in [4.78, 5) is 11.2. The van der Waals surface area contributed by atoms with Crippen LogP contribution in [0, 0.1) is 17.8 Å². The summed E-state index contributed by atoms with van der Waals surface area (Å²) in [6.07, 6.45) is 8.12. The van der Waals surface area contributed by atoms with Gasteiger partial charge in [-0.3, -0.25) is 4.79 Å². The van der Waals surface area contributed by atoms with Gasteiger partial charge in [-0.25, -0.2) is 0 Å². The Hall–Kier alpha value is -0.530. The van der Waals surface area contributed by atoms with Crippen molar-refractivity contribution < 1.29 is 4.79 Å². The Labute approximate surface area is 85.4 Å². The number of amides is 1. The number of hydrogen-bond donors (Lipinski definition) is 1. The molecule has 0 saturated heterocycles. The van der Waals surface area contributed by atoms with Crippen molar-refractivity contribution in [3.63, 3.8) is 0 Å². The minimum atomic E-state index is 0.173. The van der Waals surface area contributed by atoms with E-state index in [0.717, 1.165) is 17.8 Å². The zero-order valence-electron chi connectivity index (χ0n) is 8.88. The molecule has 0 unspecified atom stereocenters. The van der Waals surface area contributed by atoms with E-state index in [1.165, 1.54) is 38.5 Å². The number of carbonyl (C=O) groups is 1. The lowest BCUT2D eigenvalue weighted by molar-refractivity contribution is -0.124. The van der Waals surface area contributed by atoms with Crippen LogP contribution in [0.4, 0.5) is 0 Å². The zero-order valence-corrected chi connectivity index (χ0v) is 8.88. The highest BCUT2D eigenvalue weighted by atomic mass is 16.1. The molecule has 0 aromatic rings. The molecule has 0 heterocycles. The number of nitrogens with one attached hydrogen (secondary N) is 1. The molecule has 0 atom stereocenters. The van der Waals surface area contributed by atoms with E-state index in [-0.39, 0.29) is 11.4 Å². The van der Waals surface area contributed by atoms with E-state index < -0.39 is 0 Å². The molecular formula is C12H19NO. The van der Waals surface area contributed by atoms with Gasteiger partial charge in [-0.15, -0.1) is 0 Å². The van der Waals surface area contributed by atoms with Crippen molar-refractivity contribution in [1.29, 1.82) is 0 Å². The Balaban J connectivity index is 1.83. The second kappa shape index (κ2) is 2.74. The smallest absolute Gasteiger partial charge is 0.217 e. The third-order valence-corrected chi connectivity index (χ3v) is 4.48.